The standard InChI is InChI=1S/C14H18N2O2/c1-2-8-18-12-5-3-4-11(9-12)13(17)10-14-15-6-7-16-14/h3-7,9,13,17H,2,8,10H2,1H3,(H,15,16). The molecule has 96 valence electrons. The SMILES string of the molecule is CCCOc1cccc(C(O)Cc2ncc[nH]2)c1. The van der Waals surface area contributed by atoms with E-state index in [4.69, 9.17) is 4.74 Å². The number of hydrogen-bond acceptors (Lipinski definition) is 3. The second-order valence-electron chi connectivity index (χ2n) is 4.18. The van der Waals surface area contributed by atoms with Gasteiger partial charge in [0.1, 0.15) is 11.6 Å². The zero-order valence-electron chi connectivity index (χ0n) is 10.5. The number of rotatable bonds is 6. The van der Waals surface area contributed by atoms with Gasteiger partial charge in [-0.2, -0.15) is 0 Å². The van der Waals surface area contributed by atoms with Crippen molar-refractivity contribution in [2.75, 3.05) is 6.61 Å². The van der Waals surface area contributed by atoms with E-state index in [2.05, 4.69) is 16.9 Å². The topological polar surface area (TPSA) is 58.1 Å². The van der Waals surface area contributed by atoms with Crippen LogP contribution < -0.4 is 4.74 Å². The molecular weight excluding hydrogens is 228 g/mol. The Kier molecular flexibility index (Phi) is 4.36. The van der Waals surface area contributed by atoms with Gasteiger partial charge < -0.3 is 14.8 Å². The van der Waals surface area contributed by atoms with Crippen LogP contribution >= 0.6 is 0 Å². The van der Waals surface area contributed by atoms with Crippen molar-refractivity contribution >= 4 is 0 Å². The van der Waals surface area contributed by atoms with E-state index in [-0.39, 0.29) is 0 Å². The zero-order chi connectivity index (χ0) is 12.8. The van der Waals surface area contributed by atoms with Gasteiger partial charge in [0.15, 0.2) is 0 Å². The molecule has 4 nitrogen and oxygen atoms in total. The highest BCUT2D eigenvalue weighted by Gasteiger charge is 2.10. The maximum Gasteiger partial charge on any atom is 0.119 e. The minimum atomic E-state index is -0.568. The first-order valence-electron chi connectivity index (χ1n) is 6.18. The van der Waals surface area contributed by atoms with Crippen LogP contribution in [0.15, 0.2) is 36.7 Å². The lowest BCUT2D eigenvalue weighted by atomic mass is 10.1. The van der Waals surface area contributed by atoms with Crippen molar-refractivity contribution in [3.05, 3.63) is 48.0 Å². The summed E-state index contributed by atoms with van der Waals surface area (Å²) >= 11 is 0. The minimum Gasteiger partial charge on any atom is -0.494 e. The molecule has 0 spiro atoms. The summed E-state index contributed by atoms with van der Waals surface area (Å²) in [6.45, 7) is 2.76. The Morgan fingerprint density at radius 3 is 3.06 bits per heavy atom. The molecule has 0 saturated carbocycles. The largest absolute Gasteiger partial charge is 0.494 e. The molecule has 1 aromatic heterocycles. The van der Waals surface area contributed by atoms with Crippen LogP contribution in [0.4, 0.5) is 0 Å². The molecule has 4 heteroatoms. The molecule has 2 rings (SSSR count). The average Bonchev–Trinajstić information content (AvgIpc) is 2.89. The molecule has 2 aromatic rings. The van der Waals surface area contributed by atoms with E-state index in [1.165, 1.54) is 0 Å². The molecule has 18 heavy (non-hydrogen) atoms. The molecule has 0 fully saturated rings. The van der Waals surface area contributed by atoms with E-state index >= 15 is 0 Å². The fraction of sp³-hybridized carbons (Fsp3) is 0.357. The van der Waals surface area contributed by atoms with Gasteiger partial charge in [0.05, 0.1) is 12.7 Å². The fourth-order valence-electron chi connectivity index (χ4n) is 1.74. The van der Waals surface area contributed by atoms with Crippen LogP contribution in [0.1, 0.15) is 30.8 Å². The summed E-state index contributed by atoms with van der Waals surface area (Å²) in [5.41, 5.74) is 0.847. The number of aromatic nitrogens is 2. The molecule has 0 aliphatic carbocycles. The smallest absolute Gasteiger partial charge is 0.119 e. The number of aliphatic hydroxyl groups is 1. The molecule has 2 N–H and O–H groups in total. The molecule has 0 radical (unpaired) electrons. The Hall–Kier alpha value is -1.81. The zero-order valence-corrected chi connectivity index (χ0v) is 10.5. The predicted octanol–water partition coefficient (Wildman–Crippen LogP) is 2.47. The van der Waals surface area contributed by atoms with Crippen LogP contribution in [0.2, 0.25) is 0 Å². The van der Waals surface area contributed by atoms with E-state index in [9.17, 15) is 5.11 Å². The monoisotopic (exact) mass is 246 g/mol. The van der Waals surface area contributed by atoms with Crippen molar-refractivity contribution in [2.24, 2.45) is 0 Å². The van der Waals surface area contributed by atoms with Crippen LogP contribution in [-0.2, 0) is 6.42 Å². The number of hydrogen-bond donors (Lipinski definition) is 2. The summed E-state index contributed by atoms with van der Waals surface area (Å²) in [6, 6.07) is 7.57. The first-order valence-corrected chi connectivity index (χ1v) is 6.18. The summed E-state index contributed by atoms with van der Waals surface area (Å²) in [7, 11) is 0. The molecule has 0 aliphatic heterocycles. The maximum absolute atomic E-state index is 10.1. The lowest BCUT2D eigenvalue weighted by molar-refractivity contribution is 0.175. The quantitative estimate of drug-likeness (QED) is 0.823. The molecule has 0 bridgehead atoms. The molecule has 0 aliphatic rings. The molecule has 0 saturated heterocycles. The highest BCUT2D eigenvalue weighted by Crippen LogP contribution is 2.21. The average molecular weight is 246 g/mol. The van der Waals surface area contributed by atoms with Gasteiger partial charge in [-0.05, 0) is 24.1 Å². The Morgan fingerprint density at radius 2 is 2.33 bits per heavy atom. The number of imidazole rings is 1. The molecule has 0 amide bonds. The Bertz CT molecular complexity index is 468. The van der Waals surface area contributed by atoms with Crippen molar-refractivity contribution < 1.29 is 9.84 Å². The van der Waals surface area contributed by atoms with Gasteiger partial charge in [-0.3, -0.25) is 0 Å². The number of nitrogens with one attached hydrogen (secondary N) is 1. The van der Waals surface area contributed by atoms with Crippen molar-refractivity contribution in [1.29, 1.82) is 0 Å². The minimum absolute atomic E-state index is 0.476. The van der Waals surface area contributed by atoms with Crippen LogP contribution in [0.25, 0.3) is 0 Å². The summed E-state index contributed by atoms with van der Waals surface area (Å²) in [4.78, 5) is 7.09. The normalized spacial score (nSPS) is 12.3. The van der Waals surface area contributed by atoms with Crippen molar-refractivity contribution in [2.45, 2.75) is 25.9 Å². The number of benzene rings is 1. The first kappa shape index (κ1) is 12.6. The van der Waals surface area contributed by atoms with Gasteiger partial charge >= 0.3 is 0 Å². The fourth-order valence-corrected chi connectivity index (χ4v) is 1.74. The maximum atomic E-state index is 10.1. The Morgan fingerprint density at radius 1 is 1.44 bits per heavy atom. The third kappa shape index (κ3) is 3.34. The summed E-state index contributed by atoms with van der Waals surface area (Å²) in [6.07, 6.45) is 4.32. The predicted molar refractivity (Wildman–Crippen MR) is 69.5 cm³/mol. The highest BCUT2D eigenvalue weighted by molar-refractivity contribution is 5.30. The van der Waals surface area contributed by atoms with Crippen LogP contribution in [-0.4, -0.2) is 21.7 Å². The number of H-pyrrole nitrogens is 1. The van der Waals surface area contributed by atoms with Crippen molar-refractivity contribution in [1.82, 2.24) is 9.97 Å². The number of aromatic amines is 1. The number of ether oxygens (including phenoxy) is 1. The van der Waals surface area contributed by atoms with Crippen LogP contribution in [0.5, 0.6) is 5.75 Å². The summed E-state index contributed by atoms with van der Waals surface area (Å²) in [5.74, 6) is 1.58. The molecule has 1 heterocycles. The molecule has 1 aromatic carbocycles. The van der Waals surface area contributed by atoms with Gasteiger partial charge in [0, 0.05) is 18.8 Å². The van der Waals surface area contributed by atoms with Gasteiger partial charge in [-0.25, -0.2) is 4.98 Å². The third-order valence-electron chi connectivity index (χ3n) is 2.66. The molecule has 1 unspecified atom stereocenters. The molecule has 1 atom stereocenters. The summed E-state index contributed by atoms with van der Waals surface area (Å²) in [5, 5.41) is 10.1. The van der Waals surface area contributed by atoms with Gasteiger partial charge in [0.2, 0.25) is 0 Å². The lowest BCUT2D eigenvalue weighted by Gasteiger charge is -2.11. The first-order chi connectivity index (χ1) is 8.79. The summed E-state index contributed by atoms with van der Waals surface area (Å²) < 4.78 is 5.55. The van der Waals surface area contributed by atoms with Gasteiger partial charge in [-0.15, -0.1) is 0 Å². The van der Waals surface area contributed by atoms with Crippen molar-refractivity contribution in [3.63, 3.8) is 0 Å². The number of nitrogens with zero attached hydrogens (tertiary/aromatic N) is 1. The van der Waals surface area contributed by atoms with Crippen LogP contribution in [0.3, 0.4) is 0 Å². The van der Waals surface area contributed by atoms with Crippen molar-refractivity contribution in [3.8, 4) is 5.75 Å². The van der Waals surface area contributed by atoms with E-state index in [1.54, 1.807) is 12.4 Å². The lowest BCUT2D eigenvalue weighted by Crippen LogP contribution is -2.04. The van der Waals surface area contributed by atoms with Gasteiger partial charge in [0.25, 0.3) is 0 Å². The van der Waals surface area contributed by atoms with Gasteiger partial charge in [-0.1, -0.05) is 19.1 Å². The van der Waals surface area contributed by atoms with E-state index in [1.807, 2.05) is 24.3 Å². The highest BCUT2D eigenvalue weighted by atomic mass is 16.5. The van der Waals surface area contributed by atoms with E-state index < -0.39 is 6.10 Å². The second kappa shape index (κ2) is 6.21. The Balaban J connectivity index is 2.03. The van der Waals surface area contributed by atoms with E-state index in [0.29, 0.717) is 13.0 Å². The van der Waals surface area contributed by atoms with Crippen LogP contribution in [0, 0.1) is 0 Å². The number of aliphatic hydroxyl groups excluding tert-OH is 1. The second-order valence-corrected chi connectivity index (χ2v) is 4.18. The molecular formula is C14H18N2O2. The van der Waals surface area contributed by atoms with E-state index in [0.717, 1.165) is 23.6 Å². The third-order valence-corrected chi connectivity index (χ3v) is 2.66. The Labute approximate surface area is 107 Å².